The van der Waals surface area contributed by atoms with Crippen molar-refractivity contribution in [3.63, 3.8) is 0 Å². The van der Waals surface area contributed by atoms with E-state index in [2.05, 4.69) is 9.71 Å². The second-order valence-electron chi connectivity index (χ2n) is 7.09. The van der Waals surface area contributed by atoms with Crippen molar-refractivity contribution in [2.45, 2.75) is 65.2 Å². The van der Waals surface area contributed by atoms with E-state index in [0.717, 1.165) is 0 Å². The zero-order valence-corrected chi connectivity index (χ0v) is 14.5. The summed E-state index contributed by atoms with van der Waals surface area (Å²) in [4.78, 5) is 4.16. The summed E-state index contributed by atoms with van der Waals surface area (Å²) >= 11 is 0. The summed E-state index contributed by atoms with van der Waals surface area (Å²) in [5, 5.41) is 0.0777. The topological polar surface area (TPSA) is 90.0 Å². The highest BCUT2D eigenvalue weighted by molar-refractivity contribution is 7.89. The molecule has 1 fully saturated rings. The largest absolute Gasteiger partial charge is 0.334 e. The Labute approximate surface area is 127 Å². The highest BCUT2D eigenvalue weighted by Crippen LogP contribution is 2.52. The molecule has 0 spiro atoms. The van der Waals surface area contributed by atoms with Gasteiger partial charge in [0.05, 0.1) is 0 Å². The average Bonchev–Trinajstić information content (AvgIpc) is 2.77. The highest BCUT2D eigenvalue weighted by Gasteiger charge is 2.61. The van der Waals surface area contributed by atoms with E-state index in [1.807, 2.05) is 39.2 Å². The van der Waals surface area contributed by atoms with Crippen LogP contribution in [-0.4, -0.2) is 30.1 Å². The lowest BCUT2D eigenvalue weighted by molar-refractivity contribution is -0.0593. The van der Waals surface area contributed by atoms with E-state index in [9.17, 15) is 8.42 Å². The van der Waals surface area contributed by atoms with Crippen LogP contribution in [0.1, 0.15) is 40.4 Å². The molecule has 21 heavy (non-hydrogen) atoms. The fourth-order valence-corrected chi connectivity index (χ4v) is 5.19. The second-order valence-corrected chi connectivity index (χ2v) is 8.75. The average molecular weight is 314 g/mol. The molecule has 1 saturated carbocycles. The molecule has 1 aliphatic carbocycles. The minimum Gasteiger partial charge on any atom is -0.334 e. The summed E-state index contributed by atoms with van der Waals surface area (Å²) in [7, 11) is -3.64. The SMILES string of the molecule is CCn1cc(S(=O)(=O)NC2C(C)(C)C(N)C2(C)C)nc1C. The maximum atomic E-state index is 12.6. The van der Waals surface area contributed by atoms with Crippen LogP contribution in [0.3, 0.4) is 0 Å². The number of hydrogen-bond donors (Lipinski definition) is 2. The lowest BCUT2D eigenvalue weighted by Crippen LogP contribution is -2.75. The first-order chi connectivity index (χ1) is 9.44. The van der Waals surface area contributed by atoms with Gasteiger partial charge in [-0.15, -0.1) is 0 Å². The maximum Gasteiger partial charge on any atom is 0.259 e. The van der Waals surface area contributed by atoms with Gasteiger partial charge in [-0.3, -0.25) is 0 Å². The van der Waals surface area contributed by atoms with Crippen LogP contribution in [-0.2, 0) is 16.6 Å². The van der Waals surface area contributed by atoms with Crippen molar-refractivity contribution < 1.29 is 8.42 Å². The van der Waals surface area contributed by atoms with Gasteiger partial charge in [0.2, 0.25) is 0 Å². The van der Waals surface area contributed by atoms with E-state index in [4.69, 9.17) is 5.73 Å². The minimum absolute atomic E-state index is 0.0485. The molecule has 6 nitrogen and oxygen atoms in total. The second kappa shape index (κ2) is 4.79. The van der Waals surface area contributed by atoms with E-state index >= 15 is 0 Å². The molecular formula is C14H26N4O2S. The smallest absolute Gasteiger partial charge is 0.259 e. The van der Waals surface area contributed by atoms with Crippen LogP contribution >= 0.6 is 0 Å². The molecule has 0 aromatic carbocycles. The van der Waals surface area contributed by atoms with Gasteiger partial charge >= 0.3 is 0 Å². The number of aromatic nitrogens is 2. The summed E-state index contributed by atoms with van der Waals surface area (Å²) in [5.41, 5.74) is 5.62. The minimum atomic E-state index is -3.64. The van der Waals surface area contributed by atoms with Crippen LogP contribution < -0.4 is 10.5 Å². The molecule has 1 aromatic rings. The number of sulfonamides is 1. The first kappa shape index (κ1) is 16.5. The molecule has 120 valence electrons. The standard InChI is InChI=1S/C14H26N4O2S/c1-7-18-8-10(16-9(18)2)21(19,20)17-12-13(3,4)11(15)14(12,5)6/h8,11-12,17H,7,15H2,1-6H3. The molecule has 1 aliphatic rings. The van der Waals surface area contributed by atoms with E-state index in [-0.39, 0.29) is 27.9 Å². The van der Waals surface area contributed by atoms with E-state index in [1.54, 1.807) is 13.1 Å². The zero-order valence-electron chi connectivity index (χ0n) is 13.6. The Morgan fingerprint density at radius 1 is 1.33 bits per heavy atom. The number of aryl methyl sites for hydroxylation is 2. The van der Waals surface area contributed by atoms with Crippen molar-refractivity contribution >= 4 is 10.0 Å². The molecule has 0 aliphatic heterocycles. The highest BCUT2D eigenvalue weighted by atomic mass is 32.2. The number of imidazole rings is 1. The molecule has 3 N–H and O–H groups in total. The third-order valence-electron chi connectivity index (χ3n) is 4.93. The lowest BCUT2D eigenvalue weighted by Gasteiger charge is -2.62. The molecule has 1 heterocycles. The predicted octanol–water partition coefficient (Wildman–Crippen LogP) is 1.25. The van der Waals surface area contributed by atoms with Crippen LogP contribution in [0.2, 0.25) is 0 Å². The van der Waals surface area contributed by atoms with Crippen LogP contribution in [0.25, 0.3) is 0 Å². The molecule has 0 saturated heterocycles. The quantitative estimate of drug-likeness (QED) is 0.875. The summed E-state index contributed by atoms with van der Waals surface area (Å²) in [5.74, 6) is 0.696. The number of rotatable bonds is 4. The number of nitrogens with one attached hydrogen (secondary N) is 1. The van der Waals surface area contributed by atoms with E-state index < -0.39 is 10.0 Å². The summed E-state index contributed by atoms with van der Waals surface area (Å²) in [6, 6.07) is -0.260. The normalized spacial score (nSPS) is 27.4. The maximum absolute atomic E-state index is 12.6. The van der Waals surface area contributed by atoms with Gasteiger partial charge in [0.15, 0.2) is 5.03 Å². The van der Waals surface area contributed by atoms with Gasteiger partial charge in [0.1, 0.15) is 5.82 Å². The van der Waals surface area contributed by atoms with Crippen LogP contribution in [0, 0.1) is 17.8 Å². The molecule has 0 bridgehead atoms. The van der Waals surface area contributed by atoms with E-state index in [1.165, 1.54) is 0 Å². The Morgan fingerprint density at radius 3 is 2.29 bits per heavy atom. The molecule has 0 amide bonds. The first-order valence-electron chi connectivity index (χ1n) is 7.26. The molecule has 1 aromatic heterocycles. The Balaban J connectivity index is 2.30. The van der Waals surface area contributed by atoms with Crippen LogP contribution in [0.15, 0.2) is 11.2 Å². The van der Waals surface area contributed by atoms with Gasteiger partial charge in [-0.1, -0.05) is 27.7 Å². The van der Waals surface area contributed by atoms with Crippen molar-refractivity contribution in [3.05, 3.63) is 12.0 Å². The Kier molecular flexibility index (Phi) is 3.75. The van der Waals surface area contributed by atoms with Crippen molar-refractivity contribution in [2.24, 2.45) is 16.6 Å². The Bertz CT molecular complexity index is 630. The van der Waals surface area contributed by atoms with Crippen molar-refractivity contribution in [2.75, 3.05) is 0 Å². The van der Waals surface area contributed by atoms with Gasteiger partial charge in [-0.25, -0.2) is 18.1 Å². The van der Waals surface area contributed by atoms with Gasteiger partial charge in [-0.2, -0.15) is 0 Å². The van der Waals surface area contributed by atoms with Gasteiger partial charge < -0.3 is 10.3 Å². The van der Waals surface area contributed by atoms with Gasteiger partial charge in [0, 0.05) is 24.8 Å². The summed E-state index contributed by atoms with van der Waals surface area (Å²) in [6.45, 7) is 12.4. The molecule has 0 unspecified atom stereocenters. The Hall–Kier alpha value is -0.920. The van der Waals surface area contributed by atoms with Crippen molar-refractivity contribution in [3.8, 4) is 0 Å². The molecule has 7 heteroatoms. The number of nitrogens with zero attached hydrogens (tertiary/aromatic N) is 2. The monoisotopic (exact) mass is 314 g/mol. The molecular weight excluding hydrogens is 288 g/mol. The number of nitrogens with two attached hydrogens (primary N) is 1. The number of hydrogen-bond acceptors (Lipinski definition) is 4. The fourth-order valence-electron chi connectivity index (χ4n) is 3.63. The van der Waals surface area contributed by atoms with Crippen LogP contribution in [0.4, 0.5) is 0 Å². The predicted molar refractivity (Wildman–Crippen MR) is 82.3 cm³/mol. The molecule has 0 atom stereocenters. The van der Waals surface area contributed by atoms with Gasteiger partial charge in [0.25, 0.3) is 10.0 Å². The Morgan fingerprint density at radius 2 is 1.86 bits per heavy atom. The molecule has 2 rings (SSSR count). The van der Waals surface area contributed by atoms with E-state index in [0.29, 0.717) is 12.4 Å². The van der Waals surface area contributed by atoms with Crippen molar-refractivity contribution in [1.82, 2.24) is 14.3 Å². The van der Waals surface area contributed by atoms with Gasteiger partial charge in [-0.05, 0) is 24.7 Å². The fraction of sp³-hybridized carbons (Fsp3) is 0.786. The zero-order chi connectivity index (χ0) is 16.2. The first-order valence-corrected chi connectivity index (χ1v) is 8.74. The summed E-state index contributed by atoms with van der Waals surface area (Å²) in [6.07, 6.45) is 1.58. The third kappa shape index (κ3) is 2.41. The van der Waals surface area contributed by atoms with Crippen molar-refractivity contribution in [1.29, 1.82) is 0 Å². The molecule has 0 radical (unpaired) electrons. The summed E-state index contributed by atoms with van der Waals surface area (Å²) < 4.78 is 29.8. The lowest BCUT2D eigenvalue weighted by atomic mass is 9.49. The third-order valence-corrected chi connectivity index (χ3v) is 6.23. The van der Waals surface area contributed by atoms with Crippen LogP contribution in [0.5, 0.6) is 0 Å².